The third-order valence-electron chi connectivity index (χ3n) is 6.27. The van der Waals surface area contributed by atoms with Crippen molar-refractivity contribution in [2.75, 3.05) is 12.0 Å². The van der Waals surface area contributed by atoms with Crippen molar-refractivity contribution >= 4 is 49.8 Å². The number of rotatable bonds is 5. The SMILES string of the molecule is COc1ccc(/C(O)=C2\C(=O)C(=O)N(c3nc4ccc(C)cc4s3)C2c2ccc([N+](=O)[O-])cc2)cc1C. The summed E-state index contributed by atoms with van der Waals surface area (Å²) in [6.07, 6.45) is 0. The van der Waals surface area contributed by atoms with Crippen molar-refractivity contribution in [2.45, 2.75) is 19.9 Å². The monoisotopic (exact) mass is 515 g/mol. The molecule has 3 aromatic carbocycles. The highest BCUT2D eigenvalue weighted by molar-refractivity contribution is 7.22. The summed E-state index contributed by atoms with van der Waals surface area (Å²) in [5.41, 5.74) is 2.91. The van der Waals surface area contributed by atoms with Gasteiger partial charge in [0.15, 0.2) is 5.13 Å². The van der Waals surface area contributed by atoms with Crippen LogP contribution in [-0.2, 0) is 9.59 Å². The number of anilines is 1. The first kappa shape index (κ1) is 24.1. The highest BCUT2D eigenvalue weighted by Gasteiger charge is 2.48. The maximum absolute atomic E-state index is 13.4. The van der Waals surface area contributed by atoms with Gasteiger partial charge in [0.05, 0.1) is 33.9 Å². The normalized spacial score (nSPS) is 16.9. The van der Waals surface area contributed by atoms with Gasteiger partial charge in [0, 0.05) is 17.7 Å². The van der Waals surface area contributed by atoms with Gasteiger partial charge in [-0.2, -0.15) is 0 Å². The molecule has 0 aliphatic carbocycles. The van der Waals surface area contributed by atoms with E-state index in [1.165, 1.54) is 47.6 Å². The maximum Gasteiger partial charge on any atom is 0.301 e. The molecule has 1 unspecified atom stereocenters. The van der Waals surface area contributed by atoms with Crippen LogP contribution in [0.4, 0.5) is 10.8 Å². The molecule has 4 aromatic rings. The Bertz CT molecular complexity index is 1620. The van der Waals surface area contributed by atoms with Crippen LogP contribution in [0.15, 0.2) is 66.2 Å². The van der Waals surface area contributed by atoms with Gasteiger partial charge in [-0.15, -0.1) is 0 Å². The molecule has 1 aliphatic rings. The Balaban J connectivity index is 1.72. The number of fused-ring (bicyclic) bond motifs is 1. The molecule has 1 atom stereocenters. The number of thiazole rings is 1. The zero-order valence-corrected chi connectivity index (χ0v) is 20.9. The summed E-state index contributed by atoms with van der Waals surface area (Å²) < 4.78 is 6.13. The predicted octanol–water partition coefficient (Wildman–Crippen LogP) is 5.46. The molecule has 5 rings (SSSR count). The lowest BCUT2D eigenvalue weighted by Crippen LogP contribution is -2.29. The second kappa shape index (κ2) is 9.14. The summed E-state index contributed by atoms with van der Waals surface area (Å²) in [6.45, 7) is 3.74. The number of carbonyl (C=O) groups is 2. The first-order valence-corrected chi connectivity index (χ1v) is 12.1. The van der Waals surface area contributed by atoms with Crippen molar-refractivity contribution in [1.29, 1.82) is 0 Å². The van der Waals surface area contributed by atoms with Gasteiger partial charge in [0.25, 0.3) is 11.5 Å². The van der Waals surface area contributed by atoms with E-state index in [0.29, 0.717) is 22.4 Å². The third-order valence-corrected chi connectivity index (χ3v) is 7.29. The molecule has 9 nitrogen and oxygen atoms in total. The van der Waals surface area contributed by atoms with Crippen LogP contribution < -0.4 is 9.64 Å². The zero-order valence-electron chi connectivity index (χ0n) is 20.1. The Hall–Kier alpha value is -4.57. The molecule has 0 bridgehead atoms. The van der Waals surface area contributed by atoms with Crippen molar-refractivity contribution in [3.63, 3.8) is 0 Å². The summed E-state index contributed by atoms with van der Waals surface area (Å²) >= 11 is 1.25. The summed E-state index contributed by atoms with van der Waals surface area (Å²) in [5, 5.41) is 22.8. The molecule has 1 aliphatic heterocycles. The van der Waals surface area contributed by atoms with Crippen LogP contribution in [0.5, 0.6) is 5.75 Å². The second-order valence-electron chi connectivity index (χ2n) is 8.67. The molecule has 1 aromatic heterocycles. The number of ketones is 1. The fourth-order valence-electron chi connectivity index (χ4n) is 4.43. The number of hydrogen-bond acceptors (Lipinski definition) is 8. The van der Waals surface area contributed by atoms with Gasteiger partial charge in [-0.1, -0.05) is 17.4 Å². The zero-order chi connectivity index (χ0) is 26.4. The number of nitro benzene ring substituents is 1. The number of benzene rings is 3. The van der Waals surface area contributed by atoms with E-state index in [1.807, 2.05) is 25.1 Å². The molecule has 0 spiro atoms. The number of aryl methyl sites for hydroxylation is 2. The van der Waals surface area contributed by atoms with Crippen LogP contribution in [0.1, 0.15) is 28.3 Å². The largest absolute Gasteiger partial charge is 0.507 e. The number of non-ortho nitro benzene ring substituents is 1. The van der Waals surface area contributed by atoms with E-state index in [1.54, 1.807) is 25.1 Å². The lowest BCUT2D eigenvalue weighted by Gasteiger charge is -2.23. The molecule has 2 heterocycles. The van der Waals surface area contributed by atoms with Crippen LogP contribution in [0.3, 0.4) is 0 Å². The molecular formula is C27H21N3O6S. The average Bonchev–Trinajstić information content (AvgIpc) is 3.41. The molecule has 1 N–H and O–H groups in total. The lowest BCUT2D eigenvalue weighted by molar-refractivity contribution is -0.384. The summed E-state index contributed by atoms with van der Waals surface area (Å²) in [4.78, 5) is 43.3. The minimum absolute atomic E-state index is 0.126. The molecule has 1 saturated heterocycles. The molecule has 186 valence electrons. The summed E-state index contributed by atoms with van der Waals surface area (Å²) in [5.74, 6) is -1.46. The number of hydrogen-bond donors (Lipinski definition) is 1. The van der Waals surface area contributed by atoms with E-state index in [0.717, 1.165) is 15.8 Å². The molecule has 10 heteroatoms. The van der Waals surface area contributed by atoms with Crippen molar-refractivity contribution in [2.24, 2.45) is 0 Å². The highest BCUT2D eigenvalue weighted by Crippen LogP contribution is 2.44. The van der Waals surface area contributed by atoms with Gasteiger partial charge >= 0.3 is 5.91 Å². The maximum atomic E-state index is 13.4. The lowest BCUT2D eigenvalue weighted by atomic mass is 9.94. The Kier molecular flexibility index (Phi) is 5.96. The standard InChI is InChI=1S/C27H21N3O6S/c1-14-4-10-19-21(12-14)37-27(28-19)29-23(16-5-8-18(9-6-16)30(34)35)22(25(32)26(29)33)24(31)17-7-11-20(36-3)15(2)13-17/h4-13,23,31H,1-3H3/b24-22+. The quantitative estimate of drug-likeness (QED) is 0.123. The van der Waals surface area contributed by atoms with Gasteiger partial charge in [0.2, 0.25) is 0 Å². The van der Waals surface area contributed by atoms with Crippen molar-refractivity contribution < 1.29 is 24.4 Å². The van der Waals surface area contributed by atoms with E-state index in [9.17, 15) is 24.8 Å². The predicted molar refractivity (Wildman–Crippen MR) is 140 cm³/mol. The van der Waals surface area contributed by atoms with E-state index >= 15 is 0 Å². The van der Waals surface area contributed by atoms with Crippen LogP contribution in [0, 0.1) is 24.0 Å². The number of aliphatic hydroxyl groups excluding tert-OH is 1. The number of ether oxygens (including phenoxy) is 1. The second-order valence-corrected chi connectivity index (χ2v) is 9.68. The van der Waals surface area contributed by atoms with E-state index < -0.39 is 22.7 Å². The van der Waals surface area contributed by atoms with Crippen molar-refractivity contribution in [3.8, 4) is 5.75 Å². The molecule has 37 heavy (non-hydrogen) atoms. The molecule has 1 fully saturated rings. The van der Waals surface area contributed by atoms with Crippen LogP contribution in [-0.4, -0.2) is 33.8 Å². The smallest absolute Gasteiger partial charge is 0.301 e. The van der Waals surface area contributed by atoms with Gasteiger partial charge in [-0.05, 0) is 73.0 Å². The Morgan fingerprint density at radius 1 is 1.08 bits per heavy atom. The van der Waals surface area contributed by atoms with Gasteiger partial charge in [-0.25, -0.2) is 4.98 Å². The first-order valence-electron chi connectivity index (χ1n) is 11.3. The number of aromatic nitrogens is 1. The Morgan fingerprint density at radius 2 is 1.81 bits per heavy atom. The molecular weight excluding hydrogens is 494 g/mol. The number of nitrogens with zero attached hydrogens (tertiary/aromatic N) is 3. The van der Waals surface area contributed by atoms with Crippen molar-refractivity contribution in [1.82, 2.24) is 4.98 Å². The van der Waals surface area contributed by atoms with Gasteiger partial charge in [-0.3, -0.25) is 24.6 Å². The number of carbonyl (C=O) groups excluding carboxylic acids is 2. The minimum Gasteiger partial charge on any atom is -0.507 e. The third kappa shape index (κ3) is 4.11. The number of methoxy groups -OCH3 is 1. The molecule has 0 radical (unpaired) electrons. The van der Waals surface area contributed by atoms with Gasteiger partial charge < -0.3 is 9.84 Å². The number of amides is 1. The number of nitro groups is 1. The van der Waals surface area contributed by atoms with E-state index in [-0.39, 0.29) is 22.2 Å². The average molecular weight is 516 g/mol. The summed E-state index contributed by atoms with van der Waals surface area (Å²) in [7, 11) is 1.53. The topological polar surface area (TPSA) is 123 Å². The van der Waals surface area contributed by atoms with Crippen LogP contribution in [0.25, 0.3) is 16.0 Å². The first-order chi connectivity index (χ1) is 17.7. The van der Waals surface area contributed by atoms with Crippen molar-refractivity contribution in [3.05, 3.63) is 98.6 Å². The molecule has 1 amide bonds. The Morgan fingerprint density at radius 3 is 2.46 bits per heavy atom. The summed E-state index contributed by atoms with van der Waals surface area (Å²) in [6, 6.07) is 15.1. The Labute approximate surface area is 215 Å². The highest BCUT2D eigenvalue weighted by atomic mass is 32.1. The van der Waals surface area contributed by atoms with E-state index in [2.05, 4.69) is 4.98 Å². The number of aliphatic hydroxyl groups is 1. The van der Waals surface area contributed by atoms with E-state index in [4.69, 9.17) is 4.74 Å². The number of Topliss-reactive ketones (excluding diaryl/α,β-unsaturated/α-hetero) is 1. The molecule has 0 saturated carbocycles. The minimum atomic E-state index is -1.04. The van der Waals surface area contributed by atoms with Gasteiger partial charge in [0.1, 0.15) is 11.5 Å². The fraction of sp³-hybridized carbons (Fsp3) is 0.148. The van der Waals surface area contributed by atoms with Crippen LogP contribution in [0.2, 0.25) is 0 Å². The fourth-order valence-corrected chi connectivity index (χ4v) is 5.52. The van der Waals surface area contributed by atoms with Crippen LogP contribution >= 0.6 is 11.3 Å².